The quantitative estimate of drug-likeness (QED) is 0.827. The fourth-order valence-electron chi connectivity index (χ4n) is 3.07. The Morgan fingerprint density at radius 1 is 1.36 bits per heavy atom. The maximum Gasteiger partial charge on any atom is 0.281 e. The van der Waals surface area contributed by atoms with Crippen molar-refractivity contribution in [3.63, 3.8) is 0 Å². The maximum absolute atomic E-state index is 12.3. The molecule has 1 aliphatic rings. The molecule has 6 heteroatoms. The number of aryl methyl sites for hydroxylation is 1. The Bertz CT molecular complexity index is 601. The summed E-state index contributed by atoms with van der Waals surface area (Å²) in [6.07, 6.45) is 1.67. The predicted octanol–water partition coefficient (Wildman–Crippen LogP) is 1.68. The van der Waals surface area contributed by atoms with Crippen molar-refractivity contribution < 1.29 is 13.2 Å². The van der Waals surface area contributed by atoms with Gasteiger partial charge in [-0.25, -0.2) is 0 Å². The van der Waals surface area contributed by atoms with Crippen LogP contribution in [0.5, 0.6) is 0 Å². The van der Waals surface area contributed by atoms with Crippen molar-refractivity contribution in [2.75, 3.05) is 34.3 Å². The number of hydrogen-bond acceptors (Lipinski definition) is 3. The first kappa shape index (κ1) is 17.4. The van der Waals surface area contributed by atoms with E-state index in [0.717, 1.165) is 12.8 Å². The van der Waals surface area contributed by atoms with Crippen LogP contribution in [-0.4, -0.2) is 57.4 Å². The molecule has 0 bridgehead atoms. The van der Waals surface area contributed by atoms with E-state index in [0.29, 0.717) is 13.1 Å². The second kappa shape index (κ2) is 7.08. The highest BCUT2D eigenvalue weighted by Gasteiger charge is 2.35. The molecule has 1 aromatic rings. The summed E-state index contributed by atoms with van der Waals surface area (Å²) in [5.41, 5.74) is 2.45. The molecule has 2 atom stereocenters. The molecule has 124 valence electrons. The van der Waals surface area contributed by atoms with Crippen molar-refractivity contribution in [3.05, 3.63) is 35.4 Å². The fraction of sp³-hybridized carbons (Fsp3) is 0.625. The van der Waals surface area contributed by atoms with Gasteiger partial charge in [-0.3, -0.25) is 0 Å². The molecule has 1 heterocycles. The maximum atomic E-state index is 12.3. The summed E-state index contributed by atoms with van der Waals surface area (Å²) >= 11 is 0. The second-order valence-electron chi connectivity index (χ2n) is 6.16. The van der Waals surface area contributed by atoms with Gasteiger partial charge in [0.25, 0.3) is 10.2 Å². The van der Waals surface area contributed by atoms with E-state index in [2.05, 4.69) is 25.1 Å². The zero-order valence-electron chi connectivity index (χ0n) is 13.8. The van der Waals surface area contributed by atoms with Gasteiger partial charge in [0.15, 0.2) is 0 Å². The van der Waals surface area contributed by atoms with Crippen LogP contribution in [0.4, 0.5) is 0 Å². The topological polar surface area (TPSA) is 49.9 Å². The molecule has 2 rings (SSSR count). The van der Waals surface area contributed by atoms with Gasteiger partial charge in [-0.05, 0) is 25.3 Å². The molecule has 0 aliphatic carbocycles. The third-order valence-corrected chi connectivity index (χ3v) is 6.20. The smallest absolute Gasteiger partial charge is 0.281 e. The summed E-state index contributed by atoms with van der Waals surface area (Å²) in [6, 6.07) is 8.37. The fourth-order valence-corrected chi connectivity index (χ4v) is 4.24. The minimum atomic E-state index is -3.35. The van der Waals surface area contributed by atoms with Crippen LogP contribution in [0.15, 0.2) is 24.3 Å². The lowest BCUT2D eigenvalue weighted by Gasteiger charge is -2.38. The summed E-state index contributed by atoms with van der Waals surface area (Å²) in [5, 5.41) is 0. The van der Waals surface area contributed by atoms with Crippen LogP contribution in [0.1, 0.15) is 17.5 Å². The van der Waals surface area contributed by atoms with E-state index >= 15 is 0 Å². The highest BCUT2D eigenvalue weighted by Crippen LogP contribution is 2.26. The van der Waals surface area contributed by atoms with Crippen molar-refractivity contribution in [3.8, 4) is 0 Å². The Kier molecular flexibility index (Phi) is 5.60. The highest BCUT2D eigenvalue weighted by atomic mass is 32.2. The minimum Gasteiger partial charge on any atom is -0.381 e. The molecule has 0 spiro atoms. The number of methoxy groups -OCH3 is 1. The Morgan fingerprint density at radius 3 is 2.68 bits per heavy atom. The van der Waals surface area contributed by atoms with Gasteiger partial charge in [-0.2, -0.15) is 17.0 Å². The van der Waals surface area contributed by atoms with E-state index in [4.69, 9.17) is 4.74 Å². The molecular weight excluding hydrogens is 300 g/mol. The Morgan fingerprint density at radius 2 is 2.09 bits per heavy atom. The van der Waals surface area contributed by atoms with E-state index in [1.807, 2.05) is 6.07 Å². The Hall–Kier alpha value is -0.950. The summed E-state index contributed by atoms with van der Waals surface area (Å²) < 4.78 is 33.1. The predicted molar refractivity (Wildman–Crippen MR) is 88.0 cm³/mol. The molecule has 0 amide bonds. The van der Waals surface area contributed by atoms with Gasteiger partial charge < -0.3 is 4.74 Å². The molecule has 1 saturated heterocycles. The van der Waals surface area contributed by atoms with Gasteiger partial charge in [0, 0.05) is 40.2 Å². The van der Waals surface area contributed by atoms with Crippen LogP contribution < -0.4 is 0 Å². The minimum absolute atomic E-state index is 0.106. The lowest BCUT2D eigenvalue weighted by atomic mass is 9.89. The number of hydrogen-bond donors (Lipinski definition) is 0. The number of nitrogens with zero attached hydrogens (tertiary/aromatic N) is 2. The first-order valence-electron chi connectivity index (χ1n) is 7.60. The zero-order chi connectivity index (χ0) is 16.3. The van der Waals surface area contributed by atoms with Crippen LogP contribution in [0.25, 0.3) is 0 Å². The van der Waals surface area contributed by atoms with E-state index in [1.165, 1.54) is 15.4 Å². The van der Waals surface area contributed by atoms with Gasteiger partial charge in [0.05, 0.1) is 6.10 Å². The van der Waals surface area contributed by atoms with Crippen LogP contribution in [0, 0.1) is 12.8 Å². The molecule has 22 heavy (non-hydrogen) atoms. The van der Waals surface area contributed by atoms with Gasteiger partial charge in [-0.15, -0.1) is 0 Å². The van der Waals surface area contributed by atoms with Gasteiger partial charge in [0.1, 0.15) is 0 Å². The molecule has 0 radical (unpaired) electrons. The molecule has 1 aromatic carbocycles. The van der Waals surface area contributed by atoms with E-state index in [9.17, 15) is 8.42 Å². The molecule has 1 aliphatic heterocycles. The Labute approximate surface area is 134 Å². The lowest BCUT2D eigenvalue weighted by Crippen LogP contribution is -2.50. The number of benzene rings is 1. The van der Waals surface area contributed by atoms with Gasteiger partial charge in [-0.1, -0.05) is 29.8 Å². The SMILES string of the molecule is CO[C@H]1CCN(S(=O)(=O)N(C)C)C[C@H]1Cc1cccc(C)c1. The van der Waals surface area contributed by atoms with Crippen molar-refractivity contribution in [2.45, 2.75) is 25.9 Å². The molecule has 1 fully saturated rings. The zero-order valence-corrected chi connectivity index (χ0v) is 14.6. The number of rotatable bonds is 5. The van der Waals surface area contributed by atoms with E-state index in [1.54, 1.807) is 25.5 Å². The third kappa shape index (κ3) is 3.87. The number of piperidine rings is 1. The second-order valence-corrected chi connectivity index (χ2v) is 8.31. The average Bonchev–Trinajstić information content (AvgIpc) is 2.47. The van der Waals surface area contributed by atoms with E-state index < -0.39 is 10.2 Å². The molecule has 0 aromatic heterocycles. The molecule has 0 N–H and O–H groups in total. The van der Waals surface area contributed by atoms with Crippen LogP contribution in [0.3, 0.4) is 0 Å². The average molecular weight is 326 g/mol. The van der Waals surface area contributed by atoms with Crippen molar-refractivity contribution >= 4 is 10.2 Å². The molecular formula is C16H26N2O3S. The van der Waals surface area contributed by atoms with Crippen molar-refractivity contribution in [2.24, 2.45) is 5.92 Å². The molecule has 5 nitrogen and oxygen atoms in total. The summed E-state index contributed by atoms with van der Waals surface area (Å²) in [5.74, 6) is 0.176. The van der Waals surface area contributed by atoms with Crippen LogP contribution in [0.2, 0.25) is 0 Å². The largest absolute Gasteiger partial charge is 0.381 e. The lowest BCUT2D eigenvalue weighted by molar-refractivity contribution is 0.0122. The van der Waals surface area contributed by atoms with E-state index in [-0.39, 0.29) is 12.0 Å². The van der Waals surface area contributed by atoms with Crippen molar-refractivity contribution in [1.82, 2.24) is 8.61 Å². The number of ether oxygens (including phenoxy) is 1. The molecule has 0 saturated carbocycles. The monoisotopic (exact) mass is 326 g/mol. The van der Waals surface area contributed by atoms with Gasteiger partial charge >= 0.3 is 0 Å². The van der Waals surface area contributed by atoms with Crippen molar-refractivity contribution in [1.29, 1.82) is 0 Å². The highest BCUT2D eigenvalue weighted by molar-refractivity contribution is 7.86. The summed E-state index contributed by atoms with van der Waals surface area (Å²) in [7, 11) is 1.51. The molecule has 0 unspecified atom stereocenters. The third-order valence-electron chi connectivity index (χ3n) is 4.30. The van der Waals surface area contributed by atoms with Crippen LogP contribution >= 0.6 is 0 Å². The Balaban J connectivity index is 2.16. The first-order valence-corrected chi connectivity index (χ1v) is 9.00. The van der Waals surface area contributed by atoms with Crippen LogP contribution in [-0.2, 0) is 21.4 Å². The van der Waals surface area contributed by atoms with Gasteiger partial charge in [0.2, 0.25) is 0 Å². The first-order chi connectivity index (χ1) is 10.3. The standard InChI is InChI=1S/C16H26N2O3S/c1-13-6-5-7-14(10-13)11-15-12-18(9-8-16(15)21-4)22(19,20)17(2)3/h5-7,10,15-16H,8-9,11-12H2,1-4H3/t15-,16+/m1/s1. The summed E-state index contributed by atoms with van der Waals surface area (Å²) in [4.78, 5) is 0. The summed E-state index contributed by atoms with van der Waals surface area (Å²) in [6.45, 7) is 3.09. The normalized spacial score (nSPS) is 23.9.